The van der Waals surface area contributed by atoms with Crippen molar-refractivity contribution < 1.29 is 14.7 Å². The molecule has 2 amide bonds. The van der Waals surface area contributed by atoms with Gasteiger partial charge in [0, 0.05) is 10.2 Å². The summed E-state index contributed by atoms with van der Waals surface area (Å²) in [6, 6.07) is -1.09. The number of hydrogen-bond donors (Lipinski definition) is 2. The minimum absolute atomic E-state index is 0.0697. The number of rotatable bonds is 4. The Hall–Kier alpha value is -0.690. The fraction of sp³-hybridized carbons (Fsp3) is 0.600. The molecule has 96 valence electrons. The van der Waals surface area contributed by atoms with Gasteiger partial charge < -0.3 is 10.4 Å². The fourth-order valence-corrected chi connectivity index (χ4v) is 3.09. The van der Waals surface area contributed by atoms with E-state index >= 15 is 0 Å². The first-order valence-electron chi connectivity index (χ1n) is 5.21. The van der Waals surface area contributed by atoms with Gasteiger partial charge in [0.1, 0.15) is 6.04 Å². The zero-order valence-electron chi connectivity index (χ0n) is 9.48. The molecule has 2 N–H and O–H groups in total. The van der Waals surface area contributed by atoms with Gasteiger partial charge in [-0.1, -0.05) is 29.4 Å². The molecular weight excluding hydrogens is 308 g/mol. The van der Waals surface area contributed by atoms with Crippen LogP contribution in [0.4, 0.5) is 4.79 Å². The molecule has 1 aliphatic heterocycles. The number of halogens is 1. The molecule has 1 aliphatic rings. The van der Waals surface area contributed by atoms with Crippen molar-refractivity contribution in [1.82, 2.24) is 10.2 Å². The van der Waals surface area contributed by atoms with Gasteiger partial charge >= 0.3 is 12.0 Å². The van der Waals surface area contributed by atoms with E-state index in [0.717, 1.165) is 6.42 Å². The number of amides is 2. The Balaban J connectivity index is 2.70. The van der Waals surface area contributed by atoms with E-state index in [1.807, 2.05) is 6.92 Å². The minimum Gasteiger partial charge on any atom is -0.480 e. The van der Waals surface area contributed by atoms with E-state index in [4.69, 9.17) is 5.11 Å². The van der Waals surface area contributed by atoms with Crippen molar-refractivity contribution in [2.24, 2.45) is 0 Å². The average molecular weight is 323 g/mol. The third-order valence-electron chi connectivity index (χ3n) is 2.39. The van der Waals surface area contributed by atoms with E-state index in [-0.39, 0.29) is 11.4 Å². The number of carboxylic acid groups (broad SMARTS) is 1. The molecule has 1 rings (SSSR count). The van der Waals surface area contributed by atoms with E-state index in [9.17, 15) is 9.59 Å². The predicted molar refractivity (Wildman–Crippen MR) is 71.3 cm³/mol. The van der Waals surface area contributed by atoms with Gasteiger partial charge in [-0.3, -0.25) is 4.90 Å². The van der Waals surface area contributed by atoms with Gasteiger partial charge in [-0.05, 0) is 6.42 Å². The molecule has 0 aromatic carbocycles. The Bertz CT molecular complexity index is 338. The van der Waals surface area contributed by atoms with E-state index in [2.05, 4.69) is 27.8 Å². The van der Waals surface area contributed by atoms with Crippen molar-refractivity contribution in [2.45, 2.75) is 24.8 Å². The first-order chi connectivity index (χ1) is 7.97. The average Bonchev–Trinajstić information content (AvgIpc) is 2.69. The van der Waals surface area contributed by atoms with Crippen LogP contribution in [0.25, 0.3) is 0 Å². The molecule has 5 nitrogen and oxygen atoms in total. The van der Waals surface area contributed by atoms with Gasteiger partial charge in [0.05, 0.1) is 11.9 Å². The van der Waals surface area contributed by atoms with Crippen molar-refractivity contribution >= 4 is 39.7 Å². The minimum atomic E-state index is -0.957. The Morgan fingerprint density at radius 2 is 2.29 bits per heavy atom. The fourth-order valence-electron chi connectivity index (χ4n) is 1.60. The zero-order valence-corrected chi connectivity index (χ0v) is 11.9. The van der Waals surface area contributed by atoms with E-state index in [0.29, 0.717) is 16.8 Å². The van der Waals surface area contributed by atoms with Gasteiger partial charge in [0.25, 0.3) is 0 Å². The first-order valence-corrected chi connectivity index (χ1v) is 7.05. The van der Waals surface area contributed by atoms with Crippen molar-refractivity contribution in [1.29, 1.82) is 0 Å². The van der Waals surface area contributed by atoms with Crippen LogP contribution in [0.3, 0.4) is 0 Å². The van der Waals surface area contributed by atoms with Gasteiger partial charge in [0.2, 0.25) is 0 Å². The number of nitrogens with zero attached hydrogens (tertiary/aromatic N) is 1. The number of nitrogens with one attached hydrogen (secondary N) is 1. The summed E-state index contributed by atoms with van der Waals surface area (Å²) in [5.41, 5.74) is 0. The number of thioether (sulfide) groups is 1. The van der Waals surface area contributed by atoms with Gasteiger partial charge in [-0.2, -0.15) is 0 Å². The molecule has 1 saturated heterocycles. The van der Waals surface area contributed by atoms with Crippen LogP contribution in [-0.4, -0.2) is 45.7 Å². The third-order valence-corrected chi connectivity index (χ3v) is 4.13. The highest BCUT2D eigenvalue weighted by molar-refractivity contribution is 9.11. The molecule has 2 atom stereocenters. The smallest absolute Gasteiger partial charge is 0.327 e. The standard InChI is InChI=1S/C10H15BrN2O3S/c1-3-8-13(7(5-17-8)9(14)15)10(16)12-4-6(2)11/h7-8H,2-5H2,1H3,(H,12,16)(H,14,15). The SMILES string of the molecule is C=C(Br)CNC(=O)N1C(CC)SCC1C(=O)O. The quantitative estimate of drug-likeness (QED) is 0.828. The van der Waals surface area contributed by atoms with Crippen molar-refractivity contribution in [3.63, 3.8) is 0 Å². The van der Waals surface area contributed by atoms with Crippen molar-refractivity contribution in [2.75, 3.05) is 12.3 Å². The molecule has 0 bridgehead atoms. The molecule has 0 aromatic rings. The number of hydrogen-bond acceptors (Lipinski definition) is 3. The van der Waals surface area contributed by atoms with Gasteiger partial charge in [-0.25, -0.2) is 9.59 Å². The summed E-state index contributed by atoms with van der Waals surface area (Å²) in [6.07, 6.45) is 0.733. The Morgan fingerprint density at radius 3 is 2.76 bits per heavy atom. The highest BCUT2D eigenvalue weighted by Gasteiger charge is 2.40. The van der Waals surface area contributed by atoms with Crippen LogP contribution in [0.2, 0.25) is 0 Å². The van der Waals surface area contributed by atoms with Crippen LogP contribution in [-0.2, 0) is 4.79 Å². The lowest BCUT2D eigenvalue weighted by atomic mass is 10.3. The normalized spacial score (nSPS) is 23.5. The summed E-state index contributed by atoms with van der Waals surface area (Å²) in [7, 11) is 0. The lowest BCUT2D eigenvalue weighted by Gasteiger charge is -2.26. The number of carboxylic acids is 1. The van der Waals surface area contributed by atoms with E-state index in [1.54, 1.807) is 0 Å². The number of urea groups is 1. The summed E-state index contributed by atoms with van der Waals surface area (Å²) in [6.45, 7) is 5.84. The van der Waals surface area contributed by atoms with Crippen LogP contribution in [0.5, 0.6) is 0 Å². The second-order valence-corrected chi connectivity index (χ2v) is 5.97. The molecule has 7 heteroatoms. The van der Waals surface area contributed by atoms with Crippen LogP contribution in [0, 0.1) is 0 Å². The Kier molecular flexibility index (Phi) is 5.32. The van der Waals surface area contributed by atoms with Crippen LogP contribution < -0.4 is 5.32 Å². The molecule has 17 heavy (non-hydrogen) atoms. The topological polar surface area (TPSA) is 69.6 Å². The molecule has 1 fully saturated rings. The maximum absolute atomic E-state index is 11.9. The van der Waals surface area contributed by atoms with E-state index in [1.165, 1.54) is 16.7 Å². The number of carbonyl (C=O) groups is 2. The Morgan fingerprint density at radius 1 is 1.65 bits per heavy atom. The molecule has 2 unspecified atom stereocenters. The third kappa shape index (κ3) is 3.64. The van der Waals surface area contributed by atoms with Crippen molar-refractivity contribution in [3.8, 4) is 0 Å². The van der Waals surface area contributed by atoms with Crippen LogP contribution in [0.1, 0.15) is 13.3 Å². The summed E-state index contributed by atoms with van der Waals surface area (Å²) < 4.78 is 0.651. The lowest BCUT2D eigenvalue weighted by Crippen LogP contribution is -2.50. The summed E-state index contributed by atoms with van der Waals surface area (Å²) in [4.78, 5) is 24.4. The monoisotopic (exact) mass is 322 g/mol. The molecule has 0 saturated carbocycles. The lowest BCUT2D eigenvalue weighted by molar-refractivity contribution is -0.141. The largest absolute Gasteiger partial charge is 0.480 e. The maximum atomic E-state index is 11.9. The Labute approximate surface area is 113 Å². The zero-order chi connectivity index (χ0) is 13.0. The highest BCUT2D eigenvalue weighted by atomic mass is 79.9. The predicted octanol–water partition coefficient (Wildman–Crippen LogP) is 1.84. The maximum Gasteiger partial charge on any atom is 0.327 e. The van der Waals surface area contributed by atoms with Gasteiger partial charge in [-0.15, -0.1) is 11.8 Å². The van der Waals surface area contributed by atoms with Crippen molar-refractivity contribution in [3.05, 3.63) is 11.1 Å². The summed E-state index contributed by atoms with van der Waals surface area (Å²) in [5, 5.41) is 11.6. The molecule has 0 aliphatic carbocycles. The van der Waals surface area contributed by atoms with Crippen LogP contribution >= 0.6 is 27.7 Å². The second-order valence-electron chi connectivity index (χ2n) is 3.63. The number of carbonyl (C=O) groups excluding carboxylic acids is 1. The summed E-state index contributed by atoms with van der Waals surface area (Å²) in [5.74, 6) is -0.516. The molecule has 0 radical (unpaired) electrons. The van der Waals surface area contributed by atoms with E-state index < -0.39 is 12.0 Å². The molecule has 1 heterocycles. The molecule has 0 spiro atoms. The highest BCUT2D eigenvalue weighted by Crippen LogP contribution is 2.31. The summed E-state index contributed by atoms with van der Waals surface area (Å²) >= 11 is 4.64. The first kappa shape index (κ1) is 14.4. The second kappa shape index (κ2) is 6.30. The molecule has 0 aromatic heterocycles. The van der Waals surface area contributed by atoms with Crippen LogP contribution in [0.15, 0.2) is 11.1 Å². The molecular formula is C10H15BrN2O3S. The number of aliphatic carboxylic acids is 1. The van der Waals surface area contributed by atoms with Gasteiger partial charge in [0.15, 0.2) is 0 Å².